The number of rotatable bonds is 2. The first-order valence-corrected chi connectivity index (χ1v) is 6.23. The van der Waals surface area contributed by atoms with Crippen LogP contribution < -0.4 is 4.90 Å². The first-order chi connectivity index (χ1) is 9.59. The first-order valence-electron chi connectivity index (χ1n) is 6.23. The molecular formula is C14H13N3O3. The molecule has 3 rings (SSSR count). The minimum Gasteiger partial charge on any atom is -0.481 e. The van der Waals surface area contributed by atoms with Gasteiger partial charge >= 0.3 is 5.97 Å². The average molecular weight is 271 g/mol. The highest BCUT2D eigenvalue weighted by Crippen LogP contribution is 2.37. The van der Waals surface area contributed by atoms with Crippen molar-refractivity contribution in [3.8, 4) is 0 Å². The molecule has 102 valence electrons. The highest BCUT2D eigenvalue weighted by Gasteiger charge is 2.37. The van der Waals surface area contributed by atoms with Crippen molar-refractivity contribution in [2.75, 3.05) is 11.4 Å². The molecule has 2 N–H and O–H groups in total. The molecule has 0 aliphatic carbocycles. The number of carboxylic acids is 1. The Balaban J connectivity index is 2.03. The van der Waals surface area contributed by atoms with Gasteiger partial charge in [0.1, 0.15) is 5.92 Å². The normalized spacial score (nSPS) is 17.1. The van der Waals surface area contributed by atoms with Gasteiger partial charge in [-0.1, -0.05) is 18.2 Å². The number of fused-ring (bicyclic) bond motifs is 1. The summed E-state index contributed by atoms with van der Waals surface area (Å²) in [5, 5.41) is 15.8. The zero-order valence-corrected chi connectivity index (χ0v) is 10.8. The molecule has 0 saturated carbocycles. The average Bonchev–Trinajstić information content (AvgIpc) is 3.01. The molecule has 1 atom stereocenters. The van der Waals surface area contributed by atoms with Gasteiger partial charge in [0.05, 0.1) is 11.8 Å². The highest BCUT2D eigenvalue weighted by molar-refractivity contribution is 6.09. The predicted octanol–water partition coefficient (Wildman–Crippen LogP) is 1.55. The van der Waals surface area contributed by atoms with Gasteiger partial charge in [0, 0.05) is 17.9 Å². The van der Waals surface area contributed by atoms with E-state index in [2.05, 4.69) is 10.2 Å². The van der Waals surface area contributed by atoms with E-state index in [0.717, 1.165) is 0 Å². The zero-order chi connectivity index (χ0) is 14.3. The molecule has 0 fully saturated rings. The molecule has 6 nitrogen and oxygen atoms in total. The second-order valence-corrected chi connectivity index (χ2v) is 4.77. The lowest BCUT2D eigenvalue weighted by Gasteiger charge is -2.16. The number of aryl methyl sites for hydroxylation is 1. The summed E-state index contributed by atoms with van der Waals surface area (Å²) in [4.78, 5) is 25.4. The SMILES string of the molecule is Cc1[nH]ncc1C(=O)N1CC(C(=O)O)c2ccccc21. The van der Waals surface area contributed by atoms with E-state index >= 15 is 0 Å². The Labute approximate surface area is 115 Å². The number of amides is 1. The van der Waals surface area contributed by atoms with Crippen molar-refractivity contribution in [1.82, 2.24) is 10.2 Å². The van der Waals surface area contributed by atoms with Gasteiger partial charge in [-0.2, -0.15) is 5.10 Å². The standard InChI is InChI=1S/C14H13N3O3/c1-8-10(6-15-16-8)13(18)17-7-11(14(19)20)9-4-2-3-5-12(9)17/h2-6,11H,7H2,1H3,(H,15,16)(H,19,20). The number of anilines is 1. The highest BCUT2D eigenvalue weighted by atomic mass is 16.4. The number of aromatic nitrogens is 2. The fourth-order valence-electron chi connectivity index (χ4n) is 2.52. The van der Waals surface area contributed by atoms with Crippen LogP contribution in [0.3, 0.4) is 0 Å². The third-order valence-corrected chi connectivity index (χ3v) is 3.57. The summed E-state index contributed by atoms with van der Waals surface area (Å²) in [6.07, 6.45) is 1.47. The Hall–Kier alpha value is -2.63. The van der Waals surface area contributed by atoms with Crippen molar-refractivity contribution in [3.63, 3.8) is 0 Å². The van der Waals surface area contributed by atoms with Crippen LogP contribution in [0.25, 0.3) is 0 Å². The maximum absolute atomic E-state index is 12.5. The number of nitrogens with zero attached hydrogens (tertiary/aromatic N) is 2. The van der Waals surface area contributed by atoms with Gasteiger partial charge < -0.3 is 10.0 Å². The number of nitrogens with one attached hydrogen (secondary N) is 1. The van der Waals surface area contributed by atoms with E-state index in [1.54, 1.807) is 31.2 Å². The Morgan fingerprint density at radius 2 is 2.15 bits per heavy atom. The minimum absolute atomic E-state index is 0.151. The van der Waals surface area contributed by atoms with Gasteiger partial charge in [-0.3, -0.25) is 14.7 Å². The quantitative estimate of drug-likeness (QED) is 0.867. The van der Waals surface area contributed by atoms with Gasteiger partial charge in [-0.25, -0.2) is 0 Å². The fourth-order valence-corrected chi connectivity index (χ4v) is 2.52. The van der Waals surface area contributed by atoms with Crippen molar-refractivity contribution in [1.29, 1.82) is 0 Å². The maximum atomic E-state index is 12.5. The van der Waals surface area contributed by atoms with E-state index in [0.29, 0.717) is 22.5 Å². The van der Waals surface area contributed by atoms with E-state index in [9.17, 15) is 14.7 Å². The van der Waals surface area contributed by atoms with Crippen molar-refractivity contribution in [2.24, 2.45) is 0 Å². The van der Waals surface area contributed by atoms with E-state index in [-0.39, 0.29) is 12.5 Å². The van der Waals surface area contributed by atoms with Crippen LogP contribution in [0, 0.1) is 6.92 Å². The zero-order valence-electron chi connectivity index (χ0n) is 10.8. The topological polar surface area (TPSA) is 86.3 Å². The van der Waals surface area contributed by atoms with Gasteiger partial charge in [0.15, 0.2) is 0 Å². The molecule has 1 aliphatic rings. The molecule has 2 aromatic rings. The number of carboxylic acid groups (broad SMARTS) is 1. The predicted molar refractivity (Wildman–Crippen MR) is 71.8 cm³/mol. The lowest BCUT2D eigenvalue weighted by molar-refractivity contribution is -0.138. The van der Waals surface area contributed by atoms with Crippen LogP contribution in [0.4, 0.5) is 5.69 Å². The largest absolute Gasteiger partial charge is 0.481 e. The monoisotopic (exact) mass is 271 g/mol. The third-order valence-electron chi connectivity index (χ3n) is 3.57. The van der Waals surface area contributed by atoms with Crippen molar-refractivity contribution < 1.29 is 14.7 Å². The third kappa shape index (κ3) is 1.77. The van der Waals surface area contributed by atoms with Crippen molar-refractivity contribution in [3.05, 3.63) is 47.3 Å². The van der Waals surface area contributed by atoms with Crippen LogP contribution in [-0.4, -0.2) is 33.7 Å². The molecule has 6 heteroatoms. The van der Waals surface area contributed by atoms with Crippen LogP contribution >= 0.6 is 0 Å². The van der Waals surface area contributed by atoms with Crippen LogP contribution in [-0.2, 0) is 4.79 Å². The number of carbonyl (C=O) groups excluding carboxylic acids is 1. The molecule has 1 amide bonds. The number of hydrogen-bond donors (Lipinski definition) is 2. The Morgan fingerprint density at radius 1 is 1.40 bits per heavy atom. The molecule has 0 radical (unpaired) electrons. The number of para-hydroxylation sites is 1. The van der Waals surface area contributed by atoms with E-state index < -0.39 is 11.9 Å². The Kier molecular flexibility index (Phi) is 2.78. The van der Waals surface area contributed by atoms with Crippen molar-refractivity contribution in [2.45, 2.75) is 12.8 Å². The summed E-state index contributed by atoms with van der Waals surface area (Å²) >= 11 is 0. The van der Waals surface area contributed by atoms with Crippen molar-refractivity contribution >= 4 is 17.6 Å². The second kappa shape index (κ2) is 4.48. The lowest BCUT2D eigenvalue weighted by Crippen LogP contribution is -2.31. The number of H-pyrrole nitrogens is 1. The number of carbonyl (C=O) groups is 2. The summed E-state index contributed by atoms with van der Waals surface area (Å²) in [7, 11) is 0. The summed E-state index contributed by atoms with van der Waals surface area (Å²) in [6, 6.07) is 7.10. The number of hydrogen-bond acceptors (Lipinski definition) is 3. The summed E-state index contributed by atoms with van der Waals surface area (Å²) in [6.45, 7) is 1.91. The lowest BCUT2D eigenvalue weighted by atomic mass is 10.0. The Bertz CT molecular complexity index is 692. The minimum atomic E-state index is -0.920. The molecule has 1 aromatic heterocycles. The summed E-state index contributed by atoms with van der Waals surface area (Å²) < 4.78 is 0. The second-order valence-electron chi connectivity index (χ2n) is 4.77. The number of benzene rings is 1. The van der Waals surface area contributed by atoms with E-state index in [4.69, 9.17) is 0 Å². The first kappa shape index (κ1) is 12.4. The molecule has 0 spiro atoms. The van der Waals surface area contributed by atoms with Gasteiger partial charge in [0.2, 0.25) is 0 Å². The van der Waals surface area contributed by atoms with Crippen LogP contribution in [0.1, 0.15) is 27.5 Å². The fraction of sp³-hybridized carbons (Fsp3) is 0.214. The Morgan fingerprint density at radius 3 is 2.80 bits per heavy atom. The van der Waals surface area contributed by atoms with Crippen LogP contribution in [0.15, 0.2) is 30.5 Å². The molecule has 2 heterocycles. The maximum Gasteiger partial charge on any atom is 0.312 e. The number of aromatic amines is 1. The molecule has 1 aliphatic heterocycles. The summed E-state index contributed by atoms with van der Waals surface area (Å²) in [5.41, 5.74) is 2.47. The van der Waals surface area contributed by atoms with Gasteiger partial charge in [-0.05, 0) is 18.6 Å². The molecular weight excluding hydrogens is 258 g/mol. The molecule has 0 bridgehead atoms. The molecule has 1 unspecified atom stereocenters. The molecule has 20 heavy (non-hydrogen) atoms. The smallest absolute Gasteiger partial charge is 0.312 e. The molecule has 0 saturated heterocycles. The van der Waals surface area contributed by atoms with Gasteiger partial charge in [0.25, 0.3) is 5.91 Å². The summed E-state index contributed by atoms with van der Waals surface area (Å²) in [5.74, 6) is -1.83. The molecule has 1 aromatic carbocycles. The van der Waals surface area contributed by atoms with E-state index in [1.165, 1.54) is 11.1 Å². The van der Waals surface area contributed by atoms with Crippen LogP contribution in [0.2, 0.25) is 0 Å². The van der Waals surface area contributed by atoms with E-state index in [1.807, 2.05) is 0 Å². The van der Waals surface area contributed by atoms with Crippen LogP contribution in [0.5, 0.6) is 0 Å². The number of aliphatic carboxylic acids is 1. The van der Waals surface area contributed by atoms with Gasteiger partial charge in [-0.15, -0.1) is 0 Å².